The molecule has 0 fully saturated rings. The third kappa shape index (κ3) is 3.83. The number of sulfonamides is 1. The molecule has 9 heteroatoms. The summed E-state index contributed by atoms with van der Waals surface area (Å²) in [6.45, 7) is 1.65. The molecule has 0 aliphatic heterocycles. The summed E-state index contributed by atoms with van der Waals surface area (Å²) in [7, 11) is -3.79. The Balaban J connectivity index is 1.77. The van der Waals surface area contributed by atoms with E-state index < -0.39 is 10.0 Å². The van der Waals surface area contributed by atoms with Crippen LogP contribution in [0, 0.1) is 6.92 Å². The quantitative estimate of drug-likeness (QED) is 0.466. The van der Waals surface area contributed by atoms with Gasteiger partial charge in [0, 0.05) is 17.8 Å². The molecule has 3 N–H and O–H groups in total. The predicted octanol–water partition coefficient (Wildman–Crippen LogP) is 2.95. The lowest BCUT2D eigenvalue weighted by Crippen LogP contribution is -2.12. The summed E-state index contributed by atoms with van der Waals surface area (Å²) in [5.41, 5.74) is 0.814. The van der Waals surface area contributed by atoms with E-state index in [1.165, 1.54) is 42.6 Å². The molecule has 0 spiro atoms. The molecule has 0 unspecified atom stereocenters. The van der Waals surface area contributed by atoms with Gasteiger partial charge in [0.15, 0.2) is 17.3 Å². The van der Waals surface area contributed by atoms with E-state index >= 15 is 0 Å². The standard InChI is InChI=1S/C17H15N3O5S/c1-11-9-16(19-25-11)20-26(23,24)14-7-5-13(6-8-14)18-10-12-3-2-4-15(21)17(12)22/h2-10,21-22H,1H3,(H,19,20). The van der Waals surface area contributed by atoms with E-state index in [0.717, 1.165) is 0 Å². The van der Waals surface area contributed by atoms with Crippen molar-refractivity contribution in [2.24, 2.45) is 4.99 Å². The van der Waals surface area contributed by atoms with E-state index in [4.69, 9.17) is 4.52 Å². The van der Waals surface area contributed by atoms with Crippen molar-refractivity contribution < 1.29 is 23.2 Å². The molecule has 0 amide bonds. The van der Waals surface area contributed by atoms with Crippen LogP contribution in [0.5, 0.6) is 11.5 Å². The molecule has 0 aliphatic rings. The summed E-state index contributed by atoms with van der Waals surface area (Å²) in [5, 5.41) is 22.8. The minimum atomic E-state index is -3.79. The summed E-state index contributed by atoms with van der Waals surface area (Å²) in [4.78, 5) is 4.19. The van der Waals surface area contributed by atoms with Crippen molar-refractivity contribution in [2.45, 2.75) is 11.8 Å². The lowest BCUT2D eigenvalue weighted by atomic mass is 10.2. The molecule has 0 saturated heterocycles. The molecule has 8 nitrogen and oxygen atoms in total. The number of nitrogens with one attached hydrogen (secondary N) is 1. The first-order chi connectivity index (χ1) is 12.3. The zero-order valence-electron chi connectivity index (χ0n) is 13.6. The number of aromatic nitrogens is 1. The van der Waals surface area contributed by atoms with Crippen LogP contribution in [0.25, 0.3) is 0 Å². The molecule has 3 rings (SSSR count). The minimum Gasteiger partial charge on any atom is -0.504 e. The number of hydrogen-bond acceptors (Lipinski definition) is 7. The average Bonchev–Trinajstić information content (AvgIpc) is 3.01. The molecule has 0 bridgehead atoms. The number of aryl methyl sites for hydroxylation is 1. The average molecular weight is 373 g/mol. The van der Waals surface area contributed by atoms with E-state index in [-0.39, 0.29) is 22.2 Å². The van der Waals surface area contributed by atoms with Crippen molar-refractivity contribution in [3.8, 4) is 11.5 Å². The zero-order chi connectivity index (χ0) is 18.7. The molecule has 3 aromatic rings. The fourth-order valence-electron chi connectivity index (χ4n) is 2.12. The third-order valence-corrected chi connectivity index (χ3v) is 4.78. The highest BCUT2D eigenvalue weighted by atomic mass is 32.2. The van der Waals surface area contributed by atoms with Crippen molar-refractivity contribution in [2.75, 3.05) is 4.72 Å². The van der Waals surface area contributed by atoms with E-state index in [9.17, 15) is 18.6 Å². The Bertz CT molecular complexity index is 1060. The maximum Gasteiger partial charge on any atom is 0.263 e. The highest BCUT2D eigenvalue weighted by Crippen LogP contribution is 2.27. The smallest absolute Gasteiger partial charge is 0.263 e. The van der Waals surface area contributed by atoms with Gasteiger partial charge in [0.2, 0.25) is 0 Å². The van der Waals surface area contributed by atoms with E-state index in [1.807, 2.05) is 0 Å². The summed E-state index contributed by atoms with van der Waals surface area (Å²) in [6.07, 6.45) is 1.37. The molecule has 134 valence electrons. The molecule has 0 saturated carbocycles. The van der Waals surface area contributed by atoms with Crippen molar-refractivity contribution in [1.82, 2.24) is 5.16 Å². The van der Waals surface area contributed by atoms with Crippen LogP contribution in [0.1, 0.15) is 11.3 Å². The third-order valence-electron chi connectivity index (χ3n) is 3.41. The van der Waals surface area contributed by atoms with Crippen LogP contribution in [0.2, 0.25) is 0 Å². The Labute approximate surface area is 149 Å². The van der Waals surface area contributed by atoms with Crippen LogP contribution in [0.15, 0.2) is 62.9 Å². The Hall–Kier alpha value is -3.33. The number of anilines is 1. The lowest BCUT2D eigenvalue weighted by molar-refractivity contribution is 0.400. The molecule has 1 heterocycles. The van der Waals surface area contributed by atoms with Crippen molar-refractivity contribution in [3.05, 3.63) is 59.9 Å². The van der Waals surface area contributed by atoms with Gasteiger partial charge in [-0.15, -0.1) is 0 Å². The first kappa shape index (κ1) is 17.5. The summed E-state index contributed by atoms with van der Waals surface area (Å²) in [6, 6.07) is 11.8. The van der Waals surface area contributed by atoms with Gasteiger partial charge >= 0.3 is 0 Å². The molecule has 1 aromatic heterocycles. The first-order valence-electron chi connectivity index (χ1n) is 7.46. The molecular weight excluding hydrogens is 358 g/mol. The number of para-hydroxylation sites is 1. The van der Waals surface area contributed by atoms with Crippen LogP contribution < -0.4 is 4.72 Å². The van der Waals surface area contributed by atoms with Crippen LogP contribution >= 0.6 is 0 Å². The summed E-state index contributed by atoms with van der Waals surface area (Å²) < 4.78 is 31.7. The van der Waals surface area contributed by atoms with Crippen molar-refractivity contribution in [3.63, 3.8) is 0 Å². The number of aromatic hydroxyl groups is 2. The second kappa shape index (κ2) is 6.89. The van der Waals surface area contributed by atoms with Crippen LogP contribution in [-0.4, -0.2) is 30.0 Å². The van der Waals surface area contributed by atoms with Crippen LogP contribution in [0.3, 0.4) is 0 Å². The molecule has 0 atom stereocenters. The monoisotopic (exact) mass is 373 g/mol. The molecule has 2 aromatic carbocycles. The predicted molar refractivity (Wildman–Crippen MR) is 95.5 cm³/mol. The van der Waals surface area contributed by atoms with Gasteiger partial charge in [-0.2, -0.15) is 0 Å². The number of hydrogen-bond donors (Lipinski definition) is 3. The lowest BCUT2D eigenvalue weighted by Gasteiger charge is -2.05. The van der Waals surface area contributed by atoms with Gasteiger partial charge in [-0.25, -0.2) is 8.42 Å². The number of rotatable bonds is 5. The first-order valence-corrected chi connectivity index (χ1v) is 8.95. The van der Waals surface area contributed by atoms with Gasteiger partial charge in [-0.3, -0.25) is 9.71 Å². The number of benzene rings is 2. The van der Waals surface area contributed by atoms with Gasteiger partial charge in [0.25, 0.3) is 10.0 Å². The molecular formula is C17H15N3O5S. The number of phenols is 2. The van der Waals surface area contributed by atoms with Crippen LogP contribution in [0.4, 0.5) is 11.5 Å². The zero-order valence-corrected chi connectivity index (χ0v) is 14.4. The minimum absolute atomic E-state index is 0.0392. The Morgan fingerprint density at radius 2 is 1.88 bits per heavy atom. The Morgan fingerprint density at radius 3 is 2.54 bits per heavy atom. The van der Waals surface area contributed by atoms with Gasteiger partial charge in [0.1, 0.15) is 5.76 Å². The fraction of sp³-hybridized carbons (Fsp3) is 0.0588. The Kier molecular flexibility index (Phi) is 4.63. The Morgan fingerprint density at radius 1 is 1.15 bits per heavy atom. The number of nitrogens with zero attached hydrogens (tertiary/aromatic N) is 2. The maximum atomic E-state index is 12.3. The summed E-state index contributed by atoms with van der Waals surface area (Å²) in [5.74, 6) is 0.0682. The highest BCUT2D eigenvalue weighted by Gasteiger charge is 2.16. The van der Waals surface area contributed by atoms with E-state index in [0.29, 0.717) is 17.0 Å². The normalized spacial score (nSPS) is 11.7. The van der Waals surface area contributed by atoms with Gasteiger partial charge in [-0.05, 0) is 43.3 Å². The topological polar surface area (TPSA) is 125 Å². The van der Waals surface area contributed by atoms with E-state index in [1.54, 1.807) is 19.1 Å². The fourth-order valence-corrected chi connectivity index (χ4v) is 3.10. The highest BCUT2D eigenvalue weighted by molar-refractivity contribution is 7.92. The van der Waals surface area contributed by atoms with Gasteiger partial charge in [-0.1, -0.05) is 11.2 Å². The summed E-state index contributed by atoms with van der Waals surface area (Å²) >= 11 is 0. The van der Waals surface area contributed by atoms with Crippen LogP contribution in [-0.2, 0) is 10.0 Å². The van der Waals surface area contributed by atoms with Gasteiger partial charge < -0.3 is 14.7 Å². The largest absolute Gasteiger partial charge is 0.504 e. The SMILES string of the molecule is Cc1cc(NS(=O)(=O)c2ccc(N=Cc3cccc(O)c3O)cc2)no1. The number of phenolic OH excluding ortho intramolecular Hbond substituents is 2. The molecule has 0 aliphatic carbocycles. The molecule has 26 heavy (non-hydrogen) atoms. The van der Waals surface area contributed by atoms with Crippen molar-refractivity contribution >= 4 is 27.7 Å². The van der Waals surface area contributed by atoms with Crippen molar-refractivity contribution in [1.29, 1.82) is 0 Å². The van der Waals surface area contributed by atoms with Gasteiger partial charge in [0.05, 0.1) is 10.6 Å². The number of aliphatic imine (C=N–C) groups is 1. The van der Waals surface area contributed by atoms with E-state index in [2.05, 4.69) is 14.9 Å². The second-order valence-corrected chi connectivity index (χ2v) is 7.08. The maximum absolute atomic E-state index is 12.3. The second-order valence-electron chi connectivity index (χ2n) is 5.40. The molecule has 0 radical (unpaired) electrons.